The molecule has 2 rings (SSSR count). The topological polar surface area (TPSA) is 56.7 Å². The summed E-state index contributed by atoms with van der Waals surface area (Å²) in [7, 11) is 1.81. The van der Waals surface area contributed by atoms with Crippen molar-refractivity contribution in [3.63, 3.8) is 0 Å². The number of aromatic hydroxyl groups is 1. The molecule has 0 radical (unpaired) electrons. The Labute approximate surface area is 113 Å². The number of aromatic nitrogens is 1. The molecule has 1 fully saturated rings. The Kier molecular flexibility index (Phi) is 4.37. The van der Waals surface area contributed by atoms with E-state index in [1.54, 1.807) is 11.0 Å². The van der Waals surface area contributed by atoms with Crippen molar-refractivity contribution in [1.82, 2.24) is 14.8 Å². The van der Waals surface area contributed by atoms with E-state index in [2.05, 4.69) is 16.8 Å². The summed E-state index contributed by atoms with van der Waals surface area (Å²) in [6, 6.07) is 1.82. The Morgan fingerprint density at radius 2 is 2.21 bits per heavy atom. The number of amides is 1. The molecule has 0 aromatic carbocycles. The summed E-state index contributed by atoms with van der Waals surface area (Å²) >= 11 is 0. The van der Waals surface area contributed by atoms with E-state index < -0.39 is 0 Å². The molecular formula is C14H21N3O2. The summed E-state index contributed by atoms with van der Waals surface area (Å²) in [4.78, 5) is 20.3. The van der Waals surface area contributed by atoms with Crippen molar-refractivity contribution < 1.29 is 9.90 Å². The Morgan fingerprint density at radius 3 is 2.79 bits per heavy atom. The van der Waals surface area contributed by atoms with Crippen LogP contribution in [0.1, 0.15) is 30.1 Å². The number of nitrogens with zero attached hydrogens (tertiary/aromatic N) is 3. The lowest BCUT2D eigenvalue weighted by Crippen LogP contribution is -2.45. The Morgan fingerprint density at radius 1 is 1.53 bits per heavy atom. The van der Waals surface area contributed by atoms with Crippen molar-refractivity contribution in [2.75, 3.05) is 26.7 Å². The molecule has 1 aliphatic heterocycles. The molecule has 1 saturated heterocycles. The van der Waals surface area contributed by atoms with Crippen molar-refractivity contribution in [1.29, 1.82) is 0 Å². The predicted molar refractivity (Wildman–Crippen MR) is 73.1 cm³/mol. The van der Waals surface area contributed by atoms with Crippen molar-refractivity contribution >= 4 is 5.91 Å². The SMILES string of the molecule is CCN1CCC(N(C)C(=O)c2ccncc2O)CC1. The van der Waals surface area contributed by atoms with Crippen LogP contribution in [0.3, 0.4) is 0 Å². The van der Waals surface area contributed by atoms with E-state index in [4.69, 9.17) is 0 Å². The van der Waals surface area contributed by atoms with Gasteiger partial charge in [0.15, 0.2) is 0 Å². The number of hydrogen-bond donors (Lipinski definition) is 1. The van der Waals surface area contributed by atoms with Gasteiger partial charge in [0, 0.05) is 32.4 Å². The van der Waals surface area contributed by atoms with Crippen LogP contribution in [0, 0.1) is 0 Å². The fourth-order valence-corrected chi connectivity index (χ4v) is 2.55. The van der Waals surface area contributed by atoms with Gasteiger partial charge in [-0.1, -0.05) is 6.92 Å². The molecule has 5 nitrogen and oxygen atoms in total. The summed E-state index contributed by atoms with van der Waals surface area (Å²) in [5.74, 6) is -0.180. The summed E-state index contributed by atoms with van der Waals surface area (Å²) in [6.45, 7) is 5.28. The molecule has 0 saturated carbocycles. The van der Waals surface area contributed by atoms with Gasteiger partial charge in [-0.3, -0.25) is 9.78 Å². The van der Waals surface area contributed by atoms with Crippen LogP contribution in [-0.2, 0) is 0 Å². The van der Waals surface area contributed by atoms with E-state index >= 15 is 0 Å². The quantitative estimate of drug-likeness (QED) is 0.894. The van der Waals surface area contributed by atoms with Crippen molar-refractivity contribution in [3.05, 3.63) is 24.0 Å². The normalized spacial score (nSPS) is 17.4. The summed E-state index contributed by atoms with van der Waals surface area (Å²) in [5.41, 5.74) is 0.329. The molecule has 104 valence electrons. The predicted octanol–water partition coefficient (Wildman–Crippen LogP) is 1.34. The molecule has 5 heteroatoms. The molecule has 19 heavy (non-hydrogen) atoms. The largest absolute Gasteiger partial charge is 0.505 e. The molecule has 0 bridgehead atoms. The first-order valence-electron chi connectivity index (χ1n) is 6.76. The second-order valence-electron chi connectivity index (χ2n) is 4.97. The molecule has 1 amide bonds. The number of carbonyl (C=O) groups is 1. The molecule has 0 spiro atoms. The van der Waals surface area contributed by atoms with E-state index in [9.17, 15) is 9.90 Å². The Hall–Kier alpha value is -1.62. The number of piperidine rings is 1. The molecule has 0 aliphatic carbocycles. The Bertz CT molecular complexity index is 442. The number of carbonyl (C=O) groups excluding carboxylic acids is 1. The van der Waals surface area contributed by atoms with Gasteiger partial charge in [0.25, 0.3) is 5.91 Å². The maximum atomic E-state index is 12.3. The van der Waals surface area contributed by atoms with Gasteiger partial charge in [0.1, 0.15) is 5.75 Å². The van der Waals surface area contributed by atoms with Gasteiger partial charge in [-0.25, -0.2) is 0 Å². The lowest BCUT2D eigenvalue weighted by Gasteiger charge is -2.36. The van der Waals surface area contributed by atoms with E-state index in [0.717, 1.165) is 32.5 Å². The molecule has 1 aromatic rings. The van der Waals surface area contributed by atoms with E-state index in [-0.39, 0.29) is 17.7 Å². The second kappa shape index (κ2) is 6.02. The van der Waals surface area contributed by atoms with Gasteiger partial charge < -0.3 is 14.9 Å². The highest BCUT2D eigenvalue weighted by atomic mass is 16.3. The fourth-order valence-electron chi connectivity index (χ4n) is 2.55. The highest BCUT2D eigenvalue weighted by Gasteiger charge is 2.26. The maximum absolute atomic E-state index is 12.3. The number of pyridine rings is 1. The summed E-state index contributed by atoms with van der Waals surface area (Å²) in [5, 5.41) is 9.69. The first kappa shape index (κ1) is 13.8. The van der Waals surface area contributed by atoms with Crippen LogP contribution in [0.25, 0.3) is 0 Å². The van der Waals surface area contributed by atoms with Crippen LogP contribution < -0.4 is 0 Å². The minimum absolute atomic E-state index is 0.0506. The fraction of sp³-hybridized carbons (Fsp3) is 0.571. The second-order valence-corrected chi connectivity index (χ2v) is 4.97. The highest BCUT2D eigenvalue weighted by Crippen LogP contribution is 2.21. The van der Waals surface area contributed by atoms with E-state index in [1.165, 1.54) is 12.4 Å². The monoisotopic (exact) mass is 263 g/mol. The zero-order valence-corrected chi connectivity index (χ0v) is 11.5. The smallest absolute Gasteiger partial charge is 0.257 e. The first-order chi connectivity index (χ1) is 9.13. The Balaban J connectivity index is 2.02. The minimum Gasteiger partial charge on any atom is -0.505 e. The van der Waals surface area contributed by atoms with E-state index in [1.807, 2.05) is 7.05 Å². The van der Waals surface area contributed by atoms with Crippen LogP contribution in [0.5, 0.6) is 5.75 Å². The lowest BCUT2D eigenvalue weighted by atomic mass is 10.0. The van der Waals surface area contributed by atoms with Gasteiger partial charge in [0.05, 0.1) is 11.8 Å². The molecule has 2 heterocycles. The standard InChI is InChI=1S/C14H21N3O2/c1-3-17-8-5-11(6-9-17)16(2)14(19)12-4-7-15-10-13(12)18/h4,7,10-11,18H,3,5-6,8-9H2,1-2H3. The summed E-state index contributed by atoms with van der Waals surface area (Å²) in [6.07, 6.45) is 4.81. The third kappa shape index (κ3) is 3.04. The van der Waals surface area contributed by atoms with Crippen LogP contribution in [-0.4, -0.2) is 58.5 Å². The zero-order chi connectivity index (χ0) is 13.8. The van der Waals surface area contributed by atoms with Gasteiger partial charge in [-0.05, 0) is 25.5 Å². The molecule has 1 aromatic heterocycles. The zero-order valence-electron chi connectivity index (χ0n) is 11.5. The van der Waals surface area contributed by atoms with Crippen molar-refractivity contribution in [2.45, 2.75) is 25.8 Å². The molecule has 0 unspecified atom stereocenters. The third-order valence-corrected chi connectivity index (χ3v) is 3.90. The molecule has 1 aliphatic rings. The average molecular weight is 263 g/mol. The van der Waals surface area contributed by atoms with Crippen molar-refractivity contribution in [2.24, 2.45) is 0 Å². The van der Waals surface area contributed by atoms with Crippen LogP contribution >= 0.6 is 0 Å². The van der Waals surface area contributed by atoms with Crippen molar-refractivity contribution in [3.8, 4) is 5.75 Å². The molecule has 0 atom stereocenters. The minimum atomic E-state index is -0.130. The number of hydrogen-bond acceptors (Lipinski definition) is 4. The highest BCUT2D eigenvalue weighted by molar-refractivity contribution is 5.96. The number of likely N-dealkylation sites (tertiary alicyclic amines) is 1. The average Bonchev–Trinajstić information content (AvgIpc) is 2.46. The van der Waals surface area contributed by atoms with Gasteiger partial charge >= 0.3 is 0 Å². The lowest BCUT2D eigenvalue weighted by molar-refractivity contribution is 0.0644. The molecular weight excluding hydrogens is 242 g/mol. The van der Waals surface area contributed by atoms with Crippen LogP contribution in [0.4, 0.5) is 0 Å². The molecule has 1 N–H and O–H groups in total. The summed E-state index contributed by atoms with van der Waals surface area (Å²) < 4.78 is 0. The van der Waals surface area contributed by atoms with Gasteiger partial charge in [-0.2, -0.15) is 0 Å². The van der Waals surface area contributed by atoms with E-state index in [0.29, 0.717) is 5.56 Å². The number of rotatable bonds is 3. The van der Waals surface area contributed by atoms with Gasteiger partial charge in [0.2, 0.25) is 0 Å². The first-order valence-corrected chi connectivity index (χ1v) is 6.76. The van der Waals surface area contributed by atoms with Crippen LogP contribution in [0.15, 0.2) is 18.5 Å². The third-order valence-electron chi connectivity index (χ3n) is 3.90. The maximum Gasteiger partial charge on any atom is 0.257 e. The van der Waals surface area contributed by atoms with Gasteiger partial charge in [-0.15, -0.1) is 0 Å². The van der Waals surface area contributed by atoms with Crippen LogP contribution in [0.2, 0.25) is 0 Å².